The third kappa shape index (κ3) is 7.12. The number of rotatable bonds is 4. The summed E-state index contributed by atoms with van der Waals surface area (Å²) in [5.74, 6) is 0. The van der Waals surface area contributed by atoms with Crippen molar-refractivity contribution >= 4 is 0 Å². The van der Waals surface area contributed by atoms with Crippen LogP contribution in [0.1, 0.15) is 20.8 Å². The van der Waals surface area contributed by atoms with Gasteiger partial charge in [-0.25, -0.2) is 0 Å². The van der Waals surface area contributed by atoms with Gasteiger partial charge in [-0.1, -0.05) is 19.9 Å². The van der Waals surface area contributed by atoms with Gasteiger partial charge in [-0.3, -0.25) is 0 Å². The number of hydrogen-bond acceptors (Lipinski definition) is 3. The van der Waals surface area contributed by atoms with Crippen molar-refractivity contribution in [3.05, 3.63) is 28.8 Å². The third-order valence-electron chi connectivity index (χ3n) is 2.65. The fraction of sp³-hybridized carbons (Fsp3) is 0.667. The van der Waals surface area contributed by atoms with Gasteiger partial charge in [0.2, 0.25) is 0 Å². The first-order chi connectivity index (χ1) is 9.17. The zero-order valence-electron chi connectivity index (χ0n) is 12.8. The van der Waals surface area contributed by atoms with E-state index in [2.05, 4.69) is 23.7 Å². The van der Waals surface area contributed by atoms with Gasteiger partial charge in [0, 0.05) is 26.3 Å². The van der Waals surface area contributed by atoms with Gasteiger partial charge >= 0.3 is 6.20 Å². The topological polar surface area (TPSA) is 26.1 Å². The van der Waals surface area contributed by atoms with Crippen molar-refractivity contribution in [2.24, 2.45) is 0 Å². The molecule has 0 N–H and O–H groups in total. The predicted octanol–water partition coefficient (Wildman–Crippen LogP) is 2.78. The van der Waals surface area contributed by atoms with E-state index in [0.29, 0.717) is 6.61 Å². The molecular weight excluding hydrogens is 240 g/mol. The fourth-order valence-electron chi connectivity index (χ4n) is 1.96. The van der Waals surface area contributed by atoms with Gasteiger partial charge in [0.1, 0.15) is 0 Å². The van der Waals surface area contributed by atoms with Crippen LogP contribution in [0, 0.1) is 6.57 Å². The summed E-state index contributed by atoms with van der Waals surface area (Å²) in [5.41, 5.74) is 1.06. The first-order valence-electron chi connectivity index (χ1n) is 6.77. The van der Waals surface area contributed by atoms with E-state index in [4.69, 9.17) is 16.0 Å². The average Bonchev–Trinajstić information content (AvgIpc) is 2.40. The van der Waals surface area contributed by atoms with Crippen LogP contribution in [0.25, 0.3) is 4.85 Å². The molecule has 1 fully saturated rings. The Kier molecular flexibility index (Phi) is 10.1. The molecule has 2 unspecified atom stereocenters. The molecule has 0 saturated carbocycles. The minimum atomic E-state index is 0.0527. The zero-order chi connectivity index (χ0) is 14.7. The molecule has 1 rings (SSSR count). The van der Waals surface area contributed by atoms with E-state index >= 15 is 0 Å². The Bertz CT molecular complexity index is 322. The summed E-state index contributed by atoms with van der Waals surface area (Å²) in [4.78, 5) is 5.74. The molecule has 0 aromatic carbocycles. The highest BCUT2D eigenvalue weighted by Crippen LogP contribution is 2.17. The van der Waals surface area contributed by atoms with E-state index in [-0.39, 0.29) is 12.2 Å². The smallest absolute Gasteiger partial charge is 0.305 e. The number of morpholine rings is 1. The molecule has 1 aliphatic rings. The second kappa shape index (κ2) is 10.7. The Morgan fingerprint density at radius 3 is 2.68 bits per heavy atom. The maximum atomic E-state index is 5.91. The lowest BCUT2D eigenvalue weighted by Crippen LogP contribution is -2.45. The summed E-state index contributed by atoms with van der Waals surface area (Å²) >= 11 is 0. The van der Waals surface area contributed by atoms with Crippen molar-refractivity contribution in [2.45, 2.75) is 33.0 Å². The minimum absolute atomic E-state index is 0.0527. The molecule has 0 aromatic rings. The molecular formula is C15H27N2O2+. The Balaban J connectivity index is 0.00000154. The fourth-order valence-corrected chi connectivity index (χ4v) is 1.96. The Labute approximate surface area is 117 Å². The average molecular weight is 267 g/mol. The molecule has 108 valence electrons. The summed E-state index contributed by atoms with van der Waals surface area (Å²) in [6, 6.07) is 0. The van der Waals surface area contributed by atoms with E-state index in [1.54, 1.807) is 13.3 Å². The van der Waals surface area contributed by atoms with Crippen molar-refractivity contribution in [2.75, 3.05) is 33.9 Å². The summed E-state index contributed by atoms with van der Waals surface area (Å²) in [6.07, 6.45) is 5.72. The molecule has 2 atom stereocenters. The highest BCUT2D eigenvalue weighted by molar-refractivity contribution is 5.26. The van der Waals surface area contributed by atoms with Gasteiger partial charge in [0.25, 0.3) is 6.57 Å². The minimum Gasteiger partial charge on any atom is -0.381 e. The highest BCUT2D eigenvalue weighted by Gasteiger charge is 2.25. The molecule has 0 aliphatic carbocycles. The second-order valence-corrected chi connectivity index (χ2v) is 4.28. The van der Waals surface area contributed by atoms with Gasteiger partial charge < -0.3 is 14.4 Å². The number of methoxy groups -OCH3 is 1. The maximum absolute atomic E-state index is 5.91. The monoisotopic (exact) mass is 267 g/mol. The number of nitrogens with zero attached hydrogens (tertiary/aromatic N) is 2. The lowest BCUT2D eigenvalue weighted by atomic mass is 10.1. The van der Waals surface area contributed by atoms with E-state index < -0.39 is 0 Å². The molecule has 19 heavy (non-hydrogen) atoms. The molecule has 0 radical (unpaired) electrons. The SMILES string of the molecule is C#[N+]/C=C\C(=C/COC)C1CN(C)CC(C)O1.CC. The van der Waals surface area contributed by atoms with Gasteiger partial charge in [-0.15, -0.1) is 0 Å². The van der Waals surface area contributed by atoms with Gasteiger partial charge in [-0.05, 0) is 24.4 Å². The van der Waals surface area contributed by atoms with Crippen LogP contribution >= 0.6 is 0 Å². The normalized spacial score (nSPS) is 24.7. The largest absolute Gasteiger partial charge is 0.381 e. The molecule has 4 nitrogen and oxygen atoms in total. The summed E-state index contributed by atoms with van der Waals surface area (Å²) in [5, 5.41) is 0. The molecule has 1 saturated heterocycles. The zero-order valence-corrected chi connectivity index (χ0v) is 12.8. The lowest BCUT2D eigenvalue weighted by molar-refractivity contribution is -0.0507. The van der Waals surface area contributed by atoms with E-state index in [9.17, 15) is 0 Å². The molecule has 4 heteroatoms. The molecule has 0 spiro atoms. The van der Waals surface area contributed by atoms with Crippen LogP contribution in [0.2, 0.25) is 0 Å². The quantitative estimate of drug-likeness (QED) is 0.733. The number of likely N-dealkylation sites (N-methyl/N-ethyl adjacent to an activating group) is 1. The van der Waals surface area contributed by atoms with Crippen molar-refractivity contribution in [1.29, 1.82) is 0 Å². The molecule has 0 aromatic heterocycles. The first-order valence-corrected chi connectivity index (χ1v) is 6.77. The molecule has 0 amide bonds. The van der Waals surface area contributed by atoms with Crippen LogP contribution in [0.15, 0.2) is 23.9 Å². The number of ether oxygens (including phenoxy) is 2. The van der Waals surface area contributed by atoms with Crippen LogP contribution in [0.3, 0.4) is 0 Å². The van der Waals surface area contributed by atoms with Gasteiger partial charge in [0.05, 0.1) is 18.8 Å². The van der Waals surface area contributed by atoms with Crippen LogP contribution in [-0.2, 0) is 9.47 Å². The Morgan fingerprint density at radius 1 is 1.47 bits per heavy atom. The van der Waals surface area contributed by atoms with Crippen molar-refractivity contribution in [3.63, 3.8) is 0 Å². The van der Waals surface area contributed by atoms with Crippen molar-refractivity contribution < 1.29 is 9.47 Å². The second-order valence-electron chi connectivity index (χ2n) is 4.28. The predicted molar refractivity (Wildman–Crippen MR) is 80.6 cm³/mol. The summed E-state index contributed by atoms with van der Waals surface area (Å²) in [7, 11) is 3.76. The standard InChI is InChI=1S/C13H21N2O2.C2H6/c1-11-9-15(3)10-13(17-11)12(5-7-14-2)6-8-16-4;1-2/h2,5-7,11,13H,8-10H2,1,3-4H3;1-2H3/q+1;/b7-5-,12-6+;. The maximum Gasteiger partial charge on any atom is 0.305 e. The molecule has 1 heterocycles. The van der Waals surface area contributed by atoms with E-state index in [1.807, 2.05) is 26.0 Å². The third-order valence-corrected chi connectivity index (χ3v) is 2.65. The lowest BCUT2D eigenvalue weighted by Gasteiger charge is -2.35. The number of hydrogen-bond donors (Lipinski definition) is 0. The summed E-state index contributed by atoms with van der Waals surface area (Å²) < 4.78 is 11.0. The molecule has 0 bridgehead atoms. The van der Waals surface area contributed by atoms with Crippen molar-refractivity contribution in [3.8, 4) is 6.57 Å². The van der Waals surface area contributed by atoms with Crippen LogP contribution in [-0.4, -0.2) is 51.0 Å². The van der Waals surface area contributed by atoms with Crippen LogP contribution < -0.4 is 0 Å². The van der Waals surface area contributed by atoms with Gasteiger partial charge in [0.15, 0.2) is 0 Å². The highest BCUT2D eigenvalue weighted by atomic mass is 16.5. The van der Waals surface area contributed by atoms with Gasteiger partial charge in [-0.2, -0.15) is 0 Å². The molecule has 1 aliphatic heterocycles. The first kappa shape index (κ1) is 17.8. The Morgan fingerprint density at radius 2 is 2.16 bits per heavy atom. The Hall–Kier alpha value is -1.15. The van der Waals surface area contributed by atoms with Crippen LogP contribution in [0.5, 0.6) is 0 Å². The van der Waals surface area contributed by atoms with E-state index in [1.165, 1.54) is 0 Å². The van der Waals surface area contributed by atoms with Crippen LogP contribution in [0.4, 0.5) is 0 Å². The van der Waals surface area contributed by atoms with E-state index in [0.717, 1.165) is 18.7 Å². The summed E-state index contributed by atoms with van der Waals surface area (Å²) in [6.45, 7) is 13.6. The van der Waals surface area contributed by atoms with Crippen molar-refractivity contribution in [1.82, 2.24) is 4.90 Å².